The molecule has 0 saturated carbocycles. The first-order valence-corrected chi connectivity index (χ1v) is 5.08. The van der Waals surface area contributed by atoms with Crippen LogP contribution in [0.4, 0.5) is 11.6 Å². The molecule has 0 radical (unpaired) electrons. The highest BCUT2D eigenvalue weighted by atomic mass is 16.4. The molecule has 1 aromatic heterocycles. The van der Waals surface area contributed by atoms with E-state index < -0.39 is 0 Å². The first-order chi connectivity index (χ1) is 7.68. The van der Waals surface area contributed by atoms with Gasteiger partial charge in [-0.15, -0.1) is 0 Å². The van der Waals surface area contributed by atoms with E-state index in [-0.39, 0.29) is 5.78 Å². The van der Waals surface area contributed by atoms with Gasteiger partial charge in [0.25, 0.3) is 0 Å². The van der Waals surface area contributed by atoms with Gasteiger partial charge in [0.2, 0.25) is 0 Å². The fraction of sp³-hybridized carbons (Fsp3) is 0.154. The molecule has 0 fully saturated rings. The monoisotopic (exact) mass is 215 g/mol. The summed E-state index contributed by atoms with van der Waals surface area (Å²) in [5, 5.41) is 0. The van der Waals surface area contributed by atoms with Crippen LogP contribution in [-0.2, 0) is 0 Å². The first kappa shape index (κ1) is 10.5. The number of Topliss-reactive ketones (excluding diaryl/α,β-unsaturated/α-hetero) is 1. The number of para-hydroxylation sites is 1. The summed E-state index contributed by atoms with van der Waals surface area (Å²) in [5.74, 6) is 0.988. The van der Waals surface area contributed by atoms with Crippen LogP contribution in [0.5, 0.6) is 0 Å². The van der Waals surface area contributed by atoms with Crippen molar-refractivity contribution in [3.8, 4) is 0 Å². The Morgan fingerprint density at radius 3 is 2.38 bits per heavy atom. The van der Waals surface area contributed by atoms with Crippen LogP contribution in [0.1, 0.15) is 17.5 Å². The number of hydrogen-bond acceptors (Lipinski definition) is 3. The fourth-order valence-corrected chi connectivity index (χ4v) is 1.48. The lowest BCUT2D eigenvalue weighted by atomic mass is 10.3. The van der Waals surface area contributed by atoms with Gasteiger partial charge in [0.05, 0.1) is 0 Å². The van der Waals surface area contributed by atoms with Gasteiger partial charge in [-0.05, 0) is 18.2 Å². The summed E-state index contributed by atoms with van der Waals surface area (Å²) < 4.78 is 5.44. The van der Waals surface area contributed by atoms with E-state index >= 15 is 0 Å². The summed E-state index contributed by atoms with van der Waals surface area (Å²) in [4.78, 5) is 13.0. The Hall–Kier alpha value is -2.03. The van der Waals surface area contributed by atoms with Gasteiger partial charge in [-0.3, -0.25) is 4.79 Å². The van der Waals surface area contributed by atoms with Crippen molar-refractivity contribution in [2.45, 2.75) is 6.92 Å². The van der Waals surface area contributed by atoms with E-state index in [1.54, 1.807) is 12.1 Å². The molecule has 2 rings (SSSR count). The number of benzene rings is 1. The average molecular weight is 215 g/mol. The number of rotatable bonds is 3. The third-order valence-electron chi connectivity index (χ3n) is 2.41. The van der Waals surface area contributed by atoms with Gasteiger partial charge in [-0.1, -0.05) is 18.2 Å². The Morgan fingerprint density at radius 2 is 1.81 bits per heavy atom. The molecule has 0 aliphatic heterocycles. The first-order valence-electron chi connectivity index (χ1n) is 5.08. The maximum atomic E-state index is 11.1. The lowest BCUT2D eigenvalue weighted by Gasteiger charge is -2.15. The largest absolute Gasteiger partial charge is 0.437 e. The Bertz CT molecular complexity index is 488. The van der Waals surface area contributed by atoms with E-state index in [1.165, 1.54) is 6.92 Å². The van der Waals surface area contributed by atoms with Crippen molar-refractivity contribution in [2.24, 2.45) is 0 Å². The highest BCUT2D eigenvalue weighted by Gasteiger charge is 2.10. The number of anilines is 2. The molecule has 2 aromatic rings. The van der Waals surface area contributed by atoms with Gasteiger partial charge in [0.15, 0.2) is 17.4 Å². The Kier molecular flexibility index (Phi) is 2.77. The molecule has 1 heterocycles. The maximum Gasteiger partial charge on any atom is 0.200 e. The van der Waals surface area contributed by atoms with Gasteiger partial charge < -0.3 is 9.32 Å². The van der Waals surface area contributed by atoms with E-state index in [0.717, 1.165) is 5.69 Å². The number of carbonyl (C=O) groups is 1. The van der Waals surface area contributed by atoms with E-state index in [1.807, 2.05) is 42.3 Å². The SMILES string of the molecule is CC(=O)c1ccc(N(C)c2ccccc2)o1. The van der Waals surface area contributed by atoms with Crippen LogP contribution in [0.25, 0.3) is 0 Å². The molecule has 0 bridgehead atoms. The summed E-state index contributed by atoms with van der Waals surface area (Å²) in [6, 6.07) is 13.3. The molecule has 3 heteroatoms. The van der Waals surface area contributed by atoms with Crippen LogP contribution in [0.15, 0.2) is 46.9 Å². The number of hydrogen-bond donors (Lipinski definition) is 0. The molecule has 3 nitrogen and oxygen atoms in total. The molecule has 16 heavy (non-hydrogen) atoms. The van der Waals surface area contributed by atoms with E-state index in [9.17, 15) is 4.79 Å². The molecular weight excluding hydrogens is 202 g/mol. The van der Waals surface area contributed by atoms with Crippen molar-refractivity contribution in [3.63, 3.8) is 0 Å². The second-order valence-corrected chi connectivity index (χ2v) is 3.59. The number of ketones is 1. The molecule has 0 spiro atoms. The second kappa shape index (κ2) is 4.23. The lowest BCUT2D eigenvalue weighted by Crippen LogP contribution is -2.07. The van der Waals surface area contributed by atoms with Crippen molar-refractivity contribution in [1.82, 2.24) is 0 Å². The molecule has 0 N–H and O–H groups in total. The number of furan rings is 1. The van der Waals surface area contributed by atoms with Crippen LogP contribution < -0.4 is 4.90 Å². The summed E-state index contributed by atoms with van der Waals surface area (Å²) in [6.45, 7) is 1.49. The van der Waals surface area contributed by atoms with Crippen LogP contribution in [0.3, 0.4) is 0 Å². The van der Waals surface area contributed by atoms with Crippen LogP contribution in [0, 0.1) is 0 Å². The minimum Gasteiger partial charge on any atom is -0.437 e. The zero-order valence-corrected chi connectivity index (χ0v) is 9.31. The molecule has 0 unspecified atom stereocenters. The van der Waals surface area contributed by atoms with Crippen molar-refractivity contribution in [3.05, 3.63) is 48.2 Å². The van der Waals surface area contributed by atoms with Crippen molar-refractivity contribution in [1.29, 1.82) is 0 Å². The fourth-order valence-electron chi connectivity index (χ4n) is 1.48. The molecule has 1 aromatic carbocycles. The predicted octanol–water partition coefficient (Wildman–Crippen LogP) is 3.25. The quantitative estimate of drug-likeness (QED) is 0.737. The highest BCUT2D eigenvalue weighted by molar-refractivity contribution is 5.91. The molecule has 0 aliphatic carbocycles. The summed E-state index contributed by atoms with van der Waals surface area (Å²) in [5.41, 5.74) is 1.02. The molecule has 0 saturated heterocycles. The molecular formula is C13H13NO2. The highest BCUT2D eigenvalue weighted by Crippen LogP contribution is 2.25. The summed E-state index contributed by atoms with van der Waals surface area (Å²) in [6.07, 6.45) is 0. The normalized spacial score (nSPS) is 10.1. The standard InChI is InChI=1S/C13H13NO2/c1-10(15)12-8-9-13(16-12)14(2)11-6-4-3-5-7-11/h3-9H,1-2H3. The molecule has 0 aliphatic rings. The predicted molar refractivity (Wildman–Crippen MR) is 63.2 cm³/mol. The zero-order chi connectivity index (χ0) is 11.5. The number of nitrogens with zero attached hydrogens (tertiary/aromatic N) is 1. The second-order valence-electron chi connectivity index (χ2n) is 3.59. The van der Waals surface area contributed by atoms with Gasteiger partial charge in [0, 0.05) is 25.7 Å². The van der Waals surface area contributed by atoms with Crippen molar-refractivity contribution >= 4 is 17.4 Å². The van der Waals surface area contributed by atoms with Crippen molar-refractivity contribution in [2.75, 3.05) is 11.9 Å². The van der Waals surface area contributed by atoms with Gasteiger partial charge in [0.1, 0.15) is 0 Å². The minimum absolute atomic E-state index is 0.0623. The number of carbonyl (C=O) groups excluding carboxylic acids is 1. The average Bonchev–Trinajstić information content (AvgIpc) is 2.78. The topological polar surface area (TPSA) is 33.5 Å². The van der Waals surface area contributed by atoms with Crippen LogP contribution >= 0.6 is 0 Å². The summed E-state index contributed by atoms with van der Waals surface area (Å²) in [7, 11) is 1.90. The molecule has 0 amide bonds. The maximum absolute atomic E-state index is 11.1. The van der Waals surface area contributed by atoms with E-state index in [0.29, 0.717) is 11.6 Å². The van der Waals surface area contributed by atoms with E-state index in [4.69, 9.17) is 4.42 Å². The van der Waals surface area contributed by atoms with Gasteiger partial charge >= 0.3 is 0 Å². The van der Waals surface area contributed by atoms with Crippen LogP contribution in [-0.4, -0.2) is 12.8 Å². The minimum atomic E-state index is -0.0623. The smallest absolute Gasteiger partial charge is 0.200 e. The van der Waals surface area contributed by atoms with Crippen molar-refractivity contribution < 1.29 is 9.21 Å². The third-order valence-corrected chi connectivity index (χ3v) is 2.41. The third kappa shape index (κ3) is 1.98. The lowest BCUT2D eigenvalue weighted by molar-refractivity contribution is 0.0988. The van der Waals surface area contributed by atoms with Gasteiger partial charge in [-0.25, -0.2) is 0 Å². The molecule has 82 valence electrons. The molecule has 0 atom stereocenters. The van der Waals surface area contributed by atoms with Gasteiger partial charge in [-0.2, -0.15) is 0 Å². The zero-order valence-electron chi connectivity index (χ0n) is 9.31. The Balaban J connectivity index is 2.27. The summed E-state index contributed by atoms with van der Waals surface area (Å²) >= 11 is 0. The Labute approximate surface area is 94.3 Å². The van der Waals surface area contributed by atoms with E-state index in [2.05, 4.69) is 0 Å². The van der Waals surface area contributed by atoms with Crippen LogP contribution in [0.2, 0.25) is 0 Å². The Morgan fingerprint density at radius 1 is 1.12 bits per heavy atom.